The summed E-state index contributed by atoms with van der Waals surface area (Å²) in [4.78, 5) is 27.2. The molecule has 0 unspecified atom stereocenters. The molecule has 4 rings (SSSR count). The number of carbonyl (C=O) groups is 1. The van der Waals surface area contributed by atoms with Crippen LogP contribution in [-0.4, -0.2) is 68.3 Å². The maximum absolute atomic E-state index is 12.5. The van der Waals surface area contributed by atoms with Gasteiger partial charge >= 0.3 is 12.1 Å². The van der Waals surface area contributed by atoms with Gasteiger partial charge in [-0.2, -0.15) is 23.3 Å². The molecule has 2 N–H and O–H groups in total. The van der Waals surface area contributed by atoms with Crippen molar-refractivity contribution in [1.29, 1.82) is 0 Å². The van der Waals surface area contributed by atoms with Crippen LogP contribution in [0.5, 0.6) is 0 Å². The van der Waals surface area contributed by atoms with E-state index in [0.29, 0.717) is 53.7 Å². The van der Waals surface area contributed by atoms with Crippen LogP contribution in [0, 0.1) is 5.92 Å². The van der Waals surface area contributed by atoms with Crippen molar-refractivity contribution in [2.75, 3.05) is 36.5 Å². The number of carboxylic acids is 1. The van der Waals surface area contributed by atoms with Crippen LogP contribution < -0.4 is 10.2 Å². The number of ether oxygens (including phenoxy) is 1. The molecule has 0 amide bonds. The second-order valence-electron chi connectivity index (χ2n) is 8.96. The van der Waals surface area contributed by atoms with E-state index in [-0.39, 0.29) is 25.6 Å². The number of nitrogens with one attached hydrogen (secondary N) is 1. The zero-order chi connectivity index (χ0) is 25.9. The highest BCUT2D eigenvalue weighted by atomic mass is 19.4. The summed E-state index contributed by atoms with van der Waals surface area (Å²) >= 11 is 0. The van der Waals surface area contributed by atoms with Gasteiger partial charge in [-0.3, -0.25) is 9.48 Å². The number of carboxylic acid groups (broad SMARTS) is 1. The van der Waals surface area contributed by atoms with E-state index in [2.05, 4.69) is 15.4 Å². The Morgan fingerprint density at radius 1 is 1.31 bits per heavy atom. The Balaban J connectivity index is 1.76. The van der Waals surface area contributed by atoms with Crippen molar-refractivity contribution in [2.24, 2.45) is 5.92 Å². The highest BCUT2D eigenvalue weighted by molar-refractivity contribution is 5.90. The van der Waals surface area contributed by atoms with Gasteiger partial charge in [0.05, 0.1) is 24.8 Å². The Kier molecular flexibility index (Phi) is 7.57. The van der Waals surface area contributed by atoms with Crippen LogP contribution in [0.25, 0.3) is 11.0 Å². The number of halogens is 3. The summed E-state index contributed by atoms with van der Waals surface area (Å²) < 4.78 is 43.9. The fourth-order valence-electron chi connectivity index (χ4n) is 4.13. The number of hydrogen-bond acceptors (Lipinski definition) is 8. The Morgan fingerprint density at radius 2 is 2.11 bits per heavy atom. The SMILES string of the molecule is CC(C)c1nn(CCOCC(F)(F)F)c2c(Nc3ccccn3)nc(N3CCC[C@H](C(=O)O)C3)nc12. The minimum absolute atomic E-state index is 0.0385. The molecule has 0 spiro atoms. The first-order valence-electron chi connectivity index (χ1n) is 11.7. The first-order chi connectivity index (χ1) is 17.1. The van der Waals surface area contributed by atoms with Gasteiger partial charge in [0, 0.05) is 19.3 Å². The van der Waals surface area contributed by atoms with Crippen LogP contribution in [-0.2, 0) is 16.1 Å². The first-order valence-corrected chi connectivity index (χ1v) is 11.7. The first kappa shape index (κ1) is 25.6. The normalized spacial score (nSPS) is 16.6. The molecule has 1 aliphatic rings. The molecule has 3 aromatic heterocycles. The lowest BCUT2D eigenvalue weighted by Gasteiger charge is -2.31. The third kappa shape index (κ3) is 6.01. The number of piperidine rings is 1. The zero-order valence-corrected chi connectivity index (χ0v) is 20.0. The number of anilines is 3. The van der Waals surface area contributed by atoms with Crippen molar-refractivity contribution >= 4 is 34.6 Å². The van der Waals surface area contributed by atoms with E-state index < -0.39 is 24.7 Å². The van der Waals surface area contributed by atoms with Gasteiger partial charge in [0.25, 0.3) is 0 Å². The standard InChI is InChI=1S/C23H28F3N7O3/c1-14(2)17-18-19(33(31-17)10-11-36-13-23(24,25)26)20(28-16-7-3-4-8-27-16)30-22(29-18)32-9-5-6-15(12-32)21(34)35/h3-4,7-8,14-15H,5-6,9-13H2,1-2H3,(H,34,35)(H,27,28,29,30)/t15-/m0/s1. The minimum atomic E-state index is -4.42. The molecular weight excluding hydrogens is 479 g/mol. The molecule has 36 heavy (non-hydrogen) atoms. The van der Waals surface area contributed by atoms with Crippen molar-refractivity contribution in [3.63, 3.8) is 0 Å². The Morgan fingerprint density at radius 3 is 2.78 bits per heavy atom. The maximum atomic E-state index is 12.5. The van der Waals surface area contributed by atoms with E-state index in [9.17, 15) is 23.1 Å². The molecule has 194 valence electrons. The Bertz CT molecular complexity index is 1200. The van der Waals surface area contributed by atoms with Crippen molar-refractivity contribution in [1.82, 2.24) is 24.7 Å². The van der Waals surface area contributed by atoms with Gasteiger partial charge < -0.3 is 20.1 Å². The van der Waals surface area contributed by atoms with E-state index in [0.717, 1.165) is 0 Å². The van der Waals surface area contributed by atoms with Crippen molar-refractivity contribution in [3.8, 4) is 0 Å². The van der Waals surface area contributed by atoms with E-state index in [1.165, 1.54) is 0 Å². The molecule has 4 heterocycles. The minimum Gasteiger partial charge on any atom is -0.481 e. The molecule has 1 atom stereocenters. The number of nitrogens with zero attached hydrogens (tertiary/aromatic N) is 6. The van der Waals surface area contributed by atoms with E-state index in [4.69, 9.17) is 14.7 Å². The third-order valence-electron chi connectivity index (χ3n) is 5.83. The van der Waals surface area contributed by atoms with Crippen LogP contribution in [0.15, 0.2) is 24.4 Å². The second kappa shape index (κ2) is 10.6. The summed E-state index contributed by atoms with van der Waals surface area (Å²) in [5.41, 5.74) is 1.71. The van der Waals surface area contributed by atoms with Gasteiger partial charge in [-0.1, -0.05) is 19.9 Å². The highest BCUT2D eigenvalue weighted by Crippen LogP contribution is 2.32. The van der Waals surface area contributed by atoms with Crippen molar-refractivity contribution in [2.45, 2.75) is 45.3 Å². The summed E-state index contributed by atoms with van der Waals surface area (Å²) in [5.74, 6) is -0.172. The quantitative estimate of drug-likeness (QED) is 0.415. The topological polar surface area (TPSA) is 118 Å². The largest absolute Gasteiger partial charge is 0.481 e. The summed E-state index contributed by atoms with van der Waals surface area (Å²) in [6, 6.07) is 5.33. The Hall–Kier alpha value is -3.48. The molecule has 1 saturated heterocycles. The smallest absolute Gasteiger partial charge is 0.411 e. The van der Waals surface area contributed by atoms with Crippen LogP contribution >= 0.6 is 0 Å². The van der Waals surface area contributed by atoms with Gasteiger partial charge in [-0.05, 0) is 30.9 Å². The fraction of sp³-hybridized carbons (Fsp3) is 0.522. The molecule has 3 aromatic rings. The monoisotopic (exact) mass is 507 g/mol. The van der Waals surface area contributed by atoms with Crippen molar-refractivity contribution in [3.05, 3.63) is 30.1 Å². The molecular formula is C23H28F3N7O3. The Labute approximate surface area is 205 Å². The number of aromatic nitrogens is 5. The number of pyridine rings is 1. The lowest BCUT2D eigenvalue weighted by atomic mass is 9.99. The number of alkyl halides is 3. The number of aliphatic carboxylic acids is 1. The van der Waals surface area contributed by atoms with Gasteiger partial charge in [-0.15, -0.1) is 0 Å². The molecule has 1 aliphatic heterocycles. The summed E-state index contributed by atoms with van der Waals surface area (Å²) in [6.07, 6.45) is -1.53. The predicted molar refractivity (Wildman–Crippen MR) is 126 cm³/mol. The summed E-state index contributed by atoms with van der Waals surface area (Å²) in [7, 11) is 0. The lowest BCUT2D eigenvalue weighted by molar-refractivity contribution is -0.174. The summed E-state index contributed by atoms with van der Waals surface area (Å²) in [6.45, 7) is 3.29. The highest BCUT2D eigenvalue weighted by Gasteiger charge is 2.30. The molecule has 10 nitrogen and oxygen atoms in total. The molecule has 0 aromatic carbocycles. The molecule has 0 saturated carbocycles. The molecule has 1 fully saturated rings. The van der Waals surface area contributed by atoms with Gasteiger partial charge in [-0.25, -0.2) is 9.97 Å². The van der Waals surface area contributed by atoms with Crippen molar-refractivity contribution < 1.29 is 27.8 Å². The third-order valence-corrected chi connectivity index (χ3v) is 5.83. The number of fused-ring (bicyclic) bond motifs is 1. The number of rotatable bonds is 9. The van der Waals surface area contributed by atoms with Gasteiger partial charge in [0.1, 0.15) is 23.5 Å². The molecule has 0 aliphatic carbocycles. The average molecular weight is 508 g/mol. The van der Waals surface area contributed by atoms with Crippen LogP contribution in [0.3, 0.4) is 0 Å². The van der Waals surface area contributed by atoms with Crippen LogP contribution in [0.2, 0.25) is 0 Å². The molecule has 0 bridgehead atoms. The molecule has 13 heteroatoms. The van der Waals surface area contributed by atoms with Crippen LogP contribution in [0.4, 0.5) is 30.8 Å². The number of hydrogen-bond donors (Lipinski definition) is 2. The fourth-order valence-corrected chi connectivity index (χ4v) is 4.13. The maximum Gasteiger partial charge on any atom is 0.411 e. The van der Waals surface area contributed by atoms with Crippen LogP contribution in [0.1, 0.15) is 38.3 Å². The van der Waals surface area contributed by atoms with E-state index in [1.807, 2.05) is 18.7 Å². The van der Waals surface area contributed by atoms with E-state index >= 15 is 0 Å². The molecule has 0 radical (unpaired) electrons. The van der Waals surface area contributed by atoms with Gasteiger partial charge in [0.15, 0.2) is 5.82 Å². The summed E-state index contributed by atoms with van der Waals surface area (Å²) in [5, 5.41) is 17.3. The lowest BCUT2D eigenvalue weighted by Crippen LogP contribution is -2.39. The second-order valence-corrected chi connectivity index (χ2v) is 8.96. The van der Waals surface area contributed by atoms with Gasteiger partial charge in [0.2, 0.25) is 5.95 Å². The van der Waals surface area contributed by atoms with E-state index in [1.54, 1.807) is 29.1 Å². The zero-order valence-electron chi connectivity index (χ0n) is 20.0. The predicted octanol–water partition coefficient (Wildman–Crippen LogP) is 3.97. The average Bonchev–Trinajstić information content (AvgIpc) is 3.21.